The zero-order chi connectivity index (χ0) is 17.7. The molecule has 6 heteroatoms. The maximum Gasteiger partial charge on any atom is 0.259 e. The van der Waals surface area contributed by atoms with Gasteiger partial charge in [-0.05, 0) is 36.8 Å². The molecule has 0 N–H and O–H groups in total. The third-order valence-electron chi connectivity index (χ3n) is 3.64. The van der Waals surface area contributed by atoms with E-state index in [1.165, 1.54) is 18.2 Å². The van der Waals surface area contributed by atoms with Gasteiger partial charge in [-0.1, -0.05) is 43.1 Å². The van der Waals surface area contributed by atoms with Crippen LogP contribution in [0.2, 0.25) is 5.02 Å². The van der Waals surface area contributed by atoms with Gasteiger partial charge in [0.25, 0.3) is 5.91 Å². The van der Waals surface area contributed by atoms with E-state index in [-0.39, 0.29) is 21.4 Å². The van der Waals surface area contributed by atoms with Gasteiger partial charge in [0.1, 0.15) is 0 Å². The van der Waals surface area contributed by atoms with Gasteiger partial charge in [0.2, 0.25) is 0 Å². The fourth-order valence-electron chi connectivity index (χ4n) is 2.32. The minimum absolute atomic E-state index is 0.0822. The van der Waals surface area contributed by atoms with Gasteiger partial charge in [0, 0.05) is 18.5 Å². The van der Waals surface area contributed by atoms with Crippen molar-refractivity contribution in [1.29, 1.82) is 0 Å². The summed E-state index contributed by atoms with van der Waals surface area (Å²) in [6.45, 7) is 2.59. The zero-order valence-electron chi connectivity index (χ0n) is 13.7. The van der Waals surface area contributed by atoms with Crippen LogP contribution in [0.5, 0.6) is 0 Å². The topological polar surface area (TPSA) is 54.5 Å². The summed E-state index contributed by atoms with van der Waals surface area (Å²) in [6.07, 6.45) is 2.88. The Morgan fingerprint density at radius 2 is 1.79 bits per heavy atom. The molecular formula is C18H20ClNO3S. The molecule has 0 aliphatic carbocycles. The standard InChI is InChI=1S/C18H20ClNO3S/c1-3-4-12-20(14-8-6-5-7-9-14)18(21)16-13-15(24(2,22)23)10-11-17(16)19/h5-11,13H,3-4,12H2,1-2H3. The van der Waals surface area contributed by atoms with Crippen LogP contribution >= 0.6 is 11.6 Å². The van der Waals surface area contributed by atoms with E-state index >= 15 is 0 Å². The number of halogens is 1. The van der Waals surface area contributed by atoms with Crippen LogP contribution in [0.25, 0.3) is 0 Å². The molecule has 0 heterocycles. The van der Waals surface area contributed by atoms with Crippen LogP contribution in [-0.4, -0.2) is 27.1 Å². The summed E-state index contributed by atoms with van der Waals surface area (Å²) in [5.41, 5.74) is 0.955. The quantitative estimate of drug-likeness (QED) is 0.771. The third kappa shape index (κ3) is 4.36. The minimum Gasteiger partial charge on any atom is -0.308 e. The van der Waals surface area contributed by atoms with Gasteiger partial charge in [-0.25, -0.2) is 8.42 Å². The number of para-hydroxylation sites is 1. The lowest BCUT2D eigenvalue weighted by Crippen LogP contribution is -2.32. The molecule has 2 aromatic rings. The first-order valence-corrected chi connectivity index (χ1v) is 9.98. The number of carbonyl (C=O) groups excluding carboxylic acids is 1. The lowest BCUT2D eigenvalue weighted by Gasteiger charge is -2.23. The lowest BCUT2D eigenvalue weighted by atomic mass is 10.1. The molecule has 0 aromatic heterocycles. The van der Waals surface area contributed by atoms with Crippen molar-refractivity contribution in [2.45, 2.75) is 24.7 Å². The number of rotatable bonds is 6. The molecule has 1 amide bonds. The van der Waals surface area contributed by atoms with Crippen LogP contribution in [0, 0.1) is 0 Å². The normalized spacial score (nSPS) is 11.3. The Kier molecular flexibility index (Phi) is 6.02. The number of nitrogens with zero attached hydrogens (tertiary/aromatic N) is 1. The molecule has 0 bridgehead atoms. The summed E-state index contributed by atoms with van der Waals surface area (Å²) in [5.74, 6) is -0.301. The summed E-state index contributed by atoms with van der Waals surface area (Å²) in [7, 11) is -3.41. The molecule has 0 saturated heterocycles. The maximum absolute atomic E-state index is 13.0. The summed E-state index contributed by atoms with van der Waals surface area (Å²) in [4.78, 5) is 14.7. The Morgan fingerprint density at radius 3 is 2.38 bits per heavy atom. The van der Waals surface area contributed by atoms with E-state index in [9.17, 15) is 13.2 Å². The number of hydrogen-bond acceptors (Lipinski definition) is 3. The van der Waals surface area contributed by atoms with Crippen molar-refractivity contribution >= 4 is 33.0 Å². The number of carbonyl (C=O) groups is 1. The van der Waals surface area contributed by atoms with Crippen molar-refractivity contribution in [3.63, 3.8) is 0 Å². The van der Waals surface area contributed by atoms with E-state index in [1.54, 1.807) is 4.90 Å². The van der Waals surface area contributed by atoms with Crippen molar-refractivity contribution < 1.29 is 13.2 Å². The average Bonchev–Trinajstić information content (AvgIpc) is 2.55. The van der Waals surface area contributed by atoms with Crippen molar-refractivity contribution in [2.75, 3.05) is 17.7 Å². The van der Waals surface area contributed by atoms with Gasteiger partial charge < -0.3 is 4.90 Å². The molecule has 2 aromatic carbocycles. The smallest absolute Gasteiger partial charge is 0.259 e. The summed E-state index contributed by atoms with van der Waals surface area (Å²) < 4.78 is 23.5. The molecule has 4 nitrogen and oxygen atoms in total. The van der Waals surface area contributed by atoms with Gasteiger partial charge in [-0.2, -0.15) is 0 Å². The molecule has 0 unspecified atom stereocenters. The van der Waals surface area contributed by atoms with Crippen LogP contribution in [0.15, 0.2) is 53.4 Å². The number of hydrogen-bond donors (Lipinski definition) is 0. The van der Waals surface area contributed by atoms with Crippen LogP contribution < -0.4 is 4.90 Å². The number of anilines is 1. The molecule has 128 valence electrons. The van der Waals surface area contributed by atoms with E-state index in [2.05, 4.69) is 0 Å². The maximum atomic E-state index is 13.0. The van der Waals surface area contributed by atoms with E-state index < -0.39 is 9.84 Å². The number of benzene rings is 2. The fourth-order valence-corrected chi connectivity index (χ4v) is 3.16. The van der Waals surface area contributed by atoms with Gasteiger partial charge in [0.15, 0.2) is 9.84 Å². The Hall–Kier alpha value is -1.85. The van der Waals surface area contributed by atoms with E-state index in [4.69, 9.17) is 11.6 Å². The summed E-state index contributed by atoms with van der Waals surface area (Å²) in [5, 5.41) is 0.241. The lowest BCUT2D eigenvalue weighted by molar-refractivity contribution is 0.0986. The Labute approximate surface area is 148 Å². The van der Waals surface area contributed by atoms with Gasteiger partial charge in [-0.15, -0.1) is 0 Å². The second-order valence-corrected chi connectivity index (χ2v) is 7.98. The molecule has 0 fully saturated rings. The first-order chi connectivity index (χ1) is 11.3. The molecule has 0 aliphatic heterocycles. The monoisotopic (exact) mass is 365 g/mol. The minimum atomic E-state index is -3.41. The predicted molar refractivity (Wildman–Crippen MR) is 97.6 cm³/mol. The second-order valence-electron chi connectivity index (χ2n) is 5.56. The Morgan fingerprint density at radius 1 is 1.12 bits per heavy atom. The molecule has 24 heavy (non-hydrogen) atoms. The van der Waals surface area contributed by atoms with Gasteiger partial charge in [-0.3, -0.25) is 4.79 Å². The molecule has 0 atom stereocenters. The Balaban J connectivity index is 2.46. The highest BCUT2D eigenvalue weighted by Crippen LogP contribution is 2.25. The third-order valence-corrected chi connectivity index (χ3v) is 5.08. The highest BCUT2D eigenvalue weighted by molar-refractivity contribution is 7.90. The fraction of sp³-hybridized carbons (Fsp3) is 0.278. The highest BCUT2D eigenvalue weighted by atomic mass is 35.5. The van der Waals surface area contributed by atoms with Crippen molar-refractivity contribution in [2.24, 2.45) is 0 Å². The first-order valence-electron chi connectivity index (χ1n) is 7.71. The molecule has 0 saturated carbocycles. The second kappa shape index (κ2) is 7.81. The van der Waals surface area contributed by atoms with Crippen molar-refractivity contribution in [1.82, 2.24) is 0 Å². The van der Waals surface area contributed by atoms with Gasteiger partial charge in [0.05, 0.1) is 15.5 Å². The molecular weight excluding hydrogens is 346 g/mol. The average molecular weight is 366 g/mol. The SMILES string of the molecule is CCCCN(C(=O)c1cc(S(C)(=O)=O)ccc1Cl)c1ccccc1. The number of unbranched alkanes of at least 4 members (excludes halogenated alkanes) is 1. The van der Waals surface area contributed by atoms with Crippen molar-refractivity contribution in [3.8, 4) is 0 Å². The van der Waals surface area contributed by atoms with E-state index in [0.717, 1.165) is 24.8 Å². The van der Waals surface area contributed by atoms with E-state index in [0.29, 0.717) is 6.54 Å². The van der Waals surface area contributed by atoms with Gasteiger partial charge >= 0.3 is 0 Å². The predicted octanol–water partition coefficient (Wildman–Crippen LogP) is 4.19. The molecule has 2 rings (SSSR count). The highest BCUT2D eigenvalue weighted by Gasteiger charge is 2.21. The van der Waals surface area contributed by atoms with Crippen molar-refractivity contribution in [3.05, 3.63) is 59.1 Å². The van der Waals surface area contributed by atoms with Crippen LogP contribution in [0.3, 0.4) is 0 Å². The zero-order valence-corrected chi connectivity index (χ0v) is 15.3. The van der Waals surface area contributed by atoms with Crippen LogP contribution in [0.4, 0.5) is 5.69 Å². The largest absolute Gasteiger partial charge is 0.308 e. The number of sulfone groups is 1. The molecule has 0 spiro atoms. The van der Waals surface area contributed by atoms with Crippen LogP contribution in [-0.2, 0) is 9.84 Å². The summed E-state index contributed by atoms with van der Waals surface area (Å²) >= 11 is 6.16. The number of amides is 1. The van der Waals surface area contributed by atoms with E-state index in [1.807, 2.05) is 37.3 Å². The first kappa shape index (κ1) is 18.5. The molecule has 0 radical (unpaired) electrons. The van der Waals surface area contributed by atoms with Crippen LogP contribution in [0.1, 0.15) is 30.1 Å². The Bertz CT molecular complexity index is 819. The molecule has 0 aliphatic rings. The summed E-state index contributed by atoms with van der Waals surface area (Å²) in [6, 6.07) is 13.5.